The Bertz CT molecular complexity index is 383. The summed E-state index contributed by atoms with van der Waals surface area (Å²) in [5, 5.41) is 3.55. The van der Waals surface area contributed by atoms with Crippen LogP contribution < -0.4 is 10.2 Å². The molecule has 1 fully saturated rings. The summed E-state index contributed by atoms with van der Waals surface area (Å²) in [6.45, 7) is 3.30. The molecular formula is C17H28N2. The first kappa shape index (κ1) is 14.4. The second-order valence-corrected chi connectivity index (χ2v) is 5.96. The van der Waals surface area contributed by atoms with Crippen molar-refractivity contribution in [2.45, 2.75) is 45.1 Å². The van der Waals surface area contributed by atoms with Crippen LogP contribution in [0.4, 0.5) is 5.69 Å². The van der Waals surface area contributed by atoms with Gasteiger partial charge < -0.3 is 10.2 Å². The first-order chi connectivity index (χ1) is 9.22. The van der Waals surface area contributed by atoms with E-state index in [4.69, 9.17) is 0 Å². The maximum absolute atomic E-state index is 3.55. The number of para-hydroxylation sites is 1. The zero-order valence-electron chi connectivity index (χ0n) is 12.7. The van der Waals surface area contributed by atoms with Gasteiger partial charge in [0.2, 0.25) is 0 Å². The third-order valence-corrected chi connectivity index (χ3v) is 4.59. The van der Waals surface area contributed by atoms with Gasteiger partial charge in [0.1, 0.15) is 0 Å². The van der Waals surface area contributed by atoms with Gasteiger partial charge in [-0.15, -0.1) is 0 Å². The maximum atomic E-state index is 3.55. The summed E-state index contributed by atoms with van der Waals surface area (Å²) >= 11 is 0. The number of benzene rings is 1. The first-order valence-electron chi connectivity index (χ1n) is 7.66. The molecule has 1 unspecified atom stereocenters. The van der Waals surface area contributed by atoms with E-state index in [0.717, 1.165) is 12.5 Å². The lowest BCUT2D eigenvalue weighted by Crippen LogP contribution is -2.43. The lowest BCUT2D eigenvalue weighted by Gasteiger charge is -2.34. The number of nitrogens with one attached hydrogen (secondary N) is 1. The minimum Gasteiger partial charge on any atom is -0.373 e. The molecule has 1 aliphatic rings. The van der Waals surface area contributed by atoms with Crippen LogP contribution in [0, 0.1) is 12.8 Å². The topological polar surface area (TPSA) is 15.3 Å². The number of aryl methyl sites for hydroxylation is 1. The van der Waals surface area contributed by atoms with Crippen molar-refractivity contribution in [3.63, 3.8) is 0 Å². The molecule has 0 saturated heterocycles. The molecule has 1 N–H and O–H groups in total. The van der Waals surface area contributed by atoms with E-state index >= 15 is 0 Å². The molecule has 0 spiro atoms. The fourth-order valence-electron chi connectivity index (χ4n) is 3.40. The molecule has 2 heteroatoms. The average Bonchev–Trinajstić information content (AvgIpc) is 2.46. The Labute approximate surface area is 118 Å². The van der Waals surface area contributed by atoms with Gasteiger partial charge in [0.15, 0.2) is 0 Å². The van der Waals surface area contributed by atoms with E-state index < -0.39 is 0 Å². The third kappa shape index (κ3) is 3.73. The standard InChI is InChI=1S/C17H28N2/c1-14-9-7-8-12-17(14)19(3)13-16(18-2)15-10-5-4-6-11-15/h7-9,12,15-16,18H,4-6,10-11,13H2,1-3H3. The lowest BCUT2D eigenvalue weighted by atomic mass is 9.83. The van der Waals surface area contributed by atoms with Gasteiger partial charge in [0, 0.05) is 25.3 Å². The average molecular weight is 260 g/mol. The summed E-state index contributed by atoms with van der Waals surface area (Å²) in [6.07, 6.45) is 7.05. The monoisotopic (exact) mass is 260 g/mol. The Morgan fingerprint density at radius 2 is 1.89 bits per heavy atom. The number of likely N-dealkylation sites (N-methyl/N-ethyl adjacent to an activating group) is 2. The Kier molecular flexibility index (Phi) is 5.26. The molecule has 1 saturated carbocycles. The molecule has 19 heavy (non-hydrogen) atoms. The quantitative estimate of drug-likeness (QED) is 0.870. The van der Waals surface area contributed by atoms with E-state index in [2.05, 4.69) is 55.5 Å². The van der Waals surface area contributed by atoms with E-state index in [-0.39, 0.29) is 0 Å². The van der Waals surface area contributed by atoms with Gasteiger partial charge in [-0.05, 0) is 44.4 Å². The Hall–Kier alpha value is -1.02. The van der Waals surface area contributed by atoms with Crippen molar-refractivity contribution in [2.75, 3.05) is 25.5 Å². The van der Waals surface area contributed by atoms with Gasteiger partial charge >= 0.3 is 0 Å². The van der Waals surface area contributed by atoms with Crippen LogP contribution in [-0.2, 0) is 0 Å². The molecule has 0 amide bonds. The summed E-state index contributed by atoms with van der Waals surface area (Å²) in [5.41, 5.74) is 2.72. The SMILES string of the molecule is CNC(CN(C)c1ccccc1C)C1CCCCC1. The highest BCUT2D eigenvalue weighted by molar-refractivity contribution is 5.52. The highest BCUT2D eigenvalue weighted by Crippen LogP contribution is 2.27. The molecule has 2 nitrogen and oxygen atoms in total. The van der Waals surface area contributed by atoms with Crippen molar-refractivity contribution in [1.82, 2.24) is 5.32 Å². The minimum atomic E-state index is 0.616. The van der Waals surface area contributed by atoms with Crippen LogP contribution in [0.1, 0.15) is 37.7 Å². The number of nitrogens with zero attached hydrogens (tertiary/aromatic N) is 1. The predicted octanol–water partition coefficient (Wildman–Crippen LogP) is 3.60. The summed E-state index contributed by atoms with van der Waals surface area (Å²) < 4.78 is 0. The molecule has 2 rings (SSSR count). The predicted molar refractivity (Wildman–Crippen MR) is 83.9 cm³/mol. The molecule has 0 aliphatic heterocycles. The molecule has 1 aromatic rings. The van der Waals surface area contributed by atoms with Gasteiger partial charge in [-0.1, -0.05) is 37.5 Å². The van der Waals surface area contributed by atoms with Gasteiger partial charge in [0.25, 0.3) is 0 Å². The van der Waals surface area contributed by atoms with Crippen LogP contribution in [0.15, 0.2) is 24.3 Å². The maximum Gasteiger partial charge on any atom is 0.0393 e. The van der Waals surface area contributed by atoms with Crippen LogP contribution in [0.25, 0.3) is 0 Å². The molecule has 1 aromatic carbocycles. The second kappa shape index (κ2) is 6.95. The molecule has 0 bridgehead atoms. The van der Waals surface area contributed by atoms with E-state index in [1.54, 1.807) is 0 Å². The van der Waals surface area contributed by atoms with Crippen LogP contribution in [0.2, 0.25) is 0 Å². The minimum absolute atomic E-state index is 0.616. The van der Waals surface area contributed by atoms with Crippen molar-refractivity contribution >= 4 is 5.69 Å². The summed E-state index contributed by atoms with van der Waals surface area (Å²) in [7, 11) is 4.33. The van der Waals surface area contributed by atoms with Crippen LogP contribution in [0.3, 0.4) is 0 Å². The number of anilines is 1. The van der Waals surface area contributed by atoms with Gasteiger partial charge in [-0.25, -0.2) is 0 Å². The summed E-state index contributed by atoms with van der Waals surface area (Å²) in [6, 6.07) is 9.28. The van der Waals surface area contributed by atoms with Crippen molar-refractivity contribution in [3.8, 4) is 0 Å². The van der Waals surface area contributed by atoms with Crippen LogP contribution >= 0.6 is 0 Å². The largest absolute Gasteiger partial charge is 0.373 e. The van der Waals surface area contributed by atoms with Crippen LogP contribution in [-0.4, -0.2) is 26.7 Å². The van der Waals surface area contributed by atoms with Crippen LogP contribution in [0.5, 0.6) is 0 Å². The number of hydrogen-bond acceptors (Lipinski definition) is 2. The van der Waals surface area contributed by atoms with Gasteiger partial charge in [-0.3, -0.25) is 0 Å². The van der Waals surface area contributed by atoms with E-state index in [9.17, 15) is 0 Å². The lowest BCUT2D eigenvalue weighted by molar-refractivity contribution is 0.280. The molecule has 1 aliphatic carbocycles. The normalized spacial score (nSPS) is 18.3. The Balaban J connectivity index is 1.99. The van der Waals surface area contributed by atoms with Crippen molar-refractivity contribution in [1.29, 1.82) is 0 Å². The third-order valence-electron chi connectivity index (χ3n) is 4.59. The van der Waals surface area contributed by atoms with E-state index in [0.29, 0.717) is 6.04 Å². The first-order valence-corrected chi connectivity index (χ1v) is 7.66. The zero-order valence-corrected chi connectivity index (χ0v) is 12.7. The number of rotatable bonds is 5. The highest BCUT2D eigenvalue weighted by Gasteiger charge is 2.23. The number of hydrogen-bond donors (Lipinski definition) is 1. The fourth-order valence-corrected chi connectivity index (χ4v) is 3.40. The molecular weight excluding hydrogens is 232 g/mol. The summed E-state index contributed by atoms with van der Waals surface area (Å²) in [5.74, 6) is 0.852. The van der Waals surface area contributed by atoms with Crippen molar-refractivity contribution in [3.05, 3.63) is 29.8 Å². The Morgan fingerprint density at radius 1 is 1.21 bits per heavy atom. The highest BCUT2D eigenvalue weighted by atomic mass is 15.1. The molecule has 1 atom stereocenters. The molecule has 0 aromatic heterocycles. The van der Waals surface area contributed by atoms with E-state index in [1.165, 1.54) is 43.4 Å². The Morgan fingerprint density at radius 3 is 2.53 bits per heavy atom. The van der Waals surface area contributed by atoms with Crippen molar-refractivity contribution < 1.29 is 0 Å². The van der Waals surface area contributed by atoms with Gasteiger partial charge in [-0.2, -0.15) is 0 Å². The summed E-state index contributed by atoms with van der Waals surface area (Å²) in [4.78, 5) is 2.41. The second-order valence-electron chi connectivity index (χ2n) is 5.96. The zero-order chi connectivity index (χ0) is 13.7. The smallest absolute Gasteiger partial charge is 0.0393 e. The fraction of sp³-hybridized carbons (Fsp3) is 0.647. The molecule has 0 heterocycles. The van der Waals surface area contributed by atoms with Gasteiger partial charge in [0.05, 0.1) is 0 Å². The van der Waals surface area contributed by atoms with E-state index in [1.807, 2.05) is 0 Å². The van der Waals surface area contributed by atoms with Crippen molar-refractivity contribution in [2.24, 2.45) is 5.92 Å². The molecule has 106 valence electrons. The molecule has 0 radical (unpaired) electrons.